The molecule has 1 aliphatic carbocycles. The van der Waals surface area contributed by atoms with Crippen LogP contribution in [-0.2, 0) is 0 Å². The Morgan fingerprint density at radius 1 is 1.32 bits per heavy atom. The van der Waals surface area contributed by atoms with Crippen molar-refractivity contribution in [2.45, 2.75) is 51.5 Å². The number of hydrogen-bond donors (Lipinski definition) is 1. The number of rotatable bonds is 5. The molecular weight excluding hydrogens is 234 g/mol. The van der Waals surface area contributed by atoms with Crippen LogP contribution in [0.25, 0.3) is 0 Å². The topological polar surface area (TPSA) is 42.1 Å². The fraction of sp³-hybridized carbons (Fsp3) is 0.688. The molecule has 0 aromatic carbocycles. The van der Waals surface area contributed by atoms with Crippen molar-refractivity contribution in [2.75, 3.05) is 18.5 Å². The van der Waals surface area contributed by atoms with E-state index in [-0.39, 0.29) is 6.04 Å². The van der Waals surface area contributed by atoms with Crippen molar-refractivity contribution < 1.29 is 0 Å². The van der Waals surface area contributed by atoms with Gasteiger partial charge in [-0.1, -0.05) is 26.2 Å². The fourth-order valence-corrected chi connectivity index (χ4v) is 2.91. The second-order valence-corrected chi connectivity index (χ2v) is 5.84. The highest BCUT2D eigenvalue weighted by molar-refractivity contribution is 5.43. The van der Waals surface area contributed by atoms with E-state index < -0.39 is 0 Å². The maximum Gasteiger partial charge on any atom is 0.0572 e. The number of aromatic nitrogens is 1. The zero-order valence-corrected chi connectivity index (χ0v) is 12.3. The third kappa shape index (κ3) is 3.93. The van der Waals surface area contributed by atoms with E-state index in [9.17, 15) is 0 Å². The van der Waals surface area contributed by atoms with Gasteiger partial charge in [0.1, 0.15) is 0 Å². The highest BCUT2D eigenvalue weighted by atomic mass is 15.1. The maximum absolute atomic E-state index is 5.99. The van der Waals surface area contributed by atoms with Gasteiger partial charge >= 0.3 is 0 Å². The van der Waals surface area contributed by atoms with Crippen LogP contribution in [0.1, 0.15) is 57.2 Å². The van der Waals surface area contributed by atoms with Gasteiger partial charge in [0.05, 0.1) is 17.6 Å². The molecule has 1 saturated carbocycles. The Balaban J connectivity index is 1.93. The Hall–Kier alpha value is -1.09. The van der Waals surface area contributed by atoms with Crippen LogP contribution < -0.4 is 10.6 Å². The molecule has 0 bridgehead atoms. The number of nitrogens with two attached hydrogens (primary N) is 1. The normalized spacial score (nSPS) is 18.3. The maximum atomic E-state index is 5.99. The molecule has 19 heavy (non-hydrogen) atoms. The largest absolute Gasteiger partial charge is 0.373 e. The second kappa shape index (κ2) is 6.90. The summed E-state index contributed by atoms with van der Waals surface area (Å²) < 4.78 is 0. The molecule has 2 N–H and O–H groups in total. The summed E-state index contributed by atoms with van der Waals surface area (Å²) in [5.74, 6) is 0.858. The molecule has 3 nitrogen and oxygen atoms in total. The first-order chi connectivity index (χ1) is 9.20. The van der Waals surface area contributed by atoms with Gasteiger partial charge < -0.3 is 10.6 Å². The summed E-state index contributed by atoms with van der Waals surface area (Å²) in [7, 11) is 2.17. The van der Waals surface area contributed by atoms with Gasteiger partial charge in [-0.15, -0.1) is 0 Å². The Labute approximate surface area is 117 Å². The van der Waals surface area contributed by atoms with Gasteiger partial charge in [0, 0.05) is 19.6 Å². The van der Waals surface area contributed by atoms with E-state index in [1.165, 1.54) is 37.8 Å². The van der Waals surface area contributed by atoms with Crippen LogP contribution in [0.4, 0.5) is 5.69 Å². The monoisotopic (exact) mass is 261 g/mol. The summed E-state index contributed by atoms with van der Waals surface area (Å²) >= 11 is 0. The van der Waals surface area contributed by atoms with E-state index in [0.717, 1.165) is 24.6 Å². The minimum absolute atomic E-state index is 0.0673. The first kappa shape index (κ1) is 14.3. The number of nitrogens with zero attached hydrogens (tertiary/aromatic N) is 2. The lowest BCUT2D eigenvalue weighted by Crippen LogP contribution is -2.27. The molecule has 1 aromatic rings. The lowest BCUT2D eigenvalue weighted by molar-refractivity contribution is 0.362. The standard InChI is InChI=1S/C16H27N3/c1-3-15(17)16-10-9-14(11-18-16)19(2)12-13-7-5-4-6-8-13/h9-11,13,15H,3-8,12,17H2,1-2H3. The molecule has 3 heteroatoms. The predicted octanol–water partition coefficient (Wildman–Crippen LogP) is 3.51. The third-order valence-electron chi connectivity index (χ3n) is 4.29. The molecule has 106 valence electrons. The van der Waals surface area contributed by atoms with Gasteiger partial charge in [-0.25, -0.2) is 0 Å². The fourth-order valence-electron chi connectivity index (χ4n) is 2.91. The summed E-state index contributed by atoms with van der Waals surface area (Å²) in [6, 6.07) is 4.29. The third-order valence-corrected chi connectivity index (χ3v) is 4.29. The van der Waals surface area contributed by atoms with Crippen LogP contribution in [-0.4, -0.2) is 18.6 Å². The van der Waals surface area contributed by atoms with Crippen LogP contribution in [0.2, 0.25) is 0 Å². The summed E-state index contributed by atoms with van der Waals surface area (Å²) in [6.07, 6.45) is 9.90. The van der Waals surface area contributed by atoms with E-state index in [1.54, 1.807) is 0 Å². The summed E-state index contributed by atoms with van der Waals surface area (Å²) in [5, 5.41) is 0. The van der Waals surface area contributed by atoms with Crippen LogP contribution in [0.3, 0.4) is 0 Å². The van der Waals surface area contributed by atoms with Crippen molar-refractivity contribution in [2.24, 2.45) is 11.7 Å². The molecule has 2 rings (SSSR count). The van der Waals surface area contributed by atoms with Crippen molar-refractivity contribution in [1.82, 2.24) is 4.98 Å². The first-order valence-corrected chi connectivity index (χ1v) is 7.63. The smallest absolute Gasteiger partial charge is 0.0572 e. The zero-order chi connectivity index (χ0) is 13.7. The number of anilines is 1. The van der Waals surface area contributed by atoms with Crippen LogP contribution in [0.5, 0.6) is 0 Å². The first-order valence-electron chi connectivity index (χ1n) is 7.63. The van der Waals surface area contributed by atoms with Crippen molar-refractivity contribution in [1.29, 1.82) is 0 Å². The van der Waals surface area contributed by atoms with Crippen LogP contribution >= 0.6 is 0 Å². The Bertz CT molecular complexity index is 368. The molecule has 0 saturated heterocycles. The van der Waals surface area contributed by atoms with Gasteiger partial charge in [-0.05, 0) is 37.3 Å². The molecular formula is C16H27N3. The minimum Gasteiger partial charge on any atom is -0.373 e. The quantitative estimate of drug-likeness (QED) is 0.882. The Morgan fingerprint density at radius 3 is 2.63 bits per heavy atom. The number of pyridine rings is 1. The van der Waals surface area contributed by atoms with E-state index in [1.807, 2.05) is 6.20 Å². The number of hydrogen-bond acceptors (Lipinski definition) is 3. The molecule has 1 fully saturated rings. The molecule has 1 unspecified atom stereocenters. The highest BCUT2D eigenvalue weighted by Crippen LogP contribution is 2.26. The van der Waals surface area contributed by atoms with Gasteiger partial charge in [0.2, 0.25) is 0 Å². The summed E-state index contributed by atoms with van der Waals surface area (Å²) in [4.78, 5) is 6.83. The molecule has 0 spiro atoms. The van der Waals surface area contributed by atoms with E-state index >= 15 is 0 Å². The van der Waals surface area contributed by atoms with Gasteiger partial charge in [0.25, 0.3) is 0 Å². The second-order valence-electron chi connectivity index (χ2n) is 5.84. The average molecular weight is 261 g/mol. The molecule has 1 aliphatic rings. The SMILES string of the molecule is CCC(N)c1ccc(N(C)CC2CCCCC2)cn1. The summed E-state index contributed by atoms with van der Waals surface area (Å²) in [6.45, 7) is 3.25. The zero-order valence-electron chi connectivity index (χ0n) is 12.3. The van der Waals surface area contributed by atoms with Gasteiger partial charge in [-0.2, -0.15) is 0 Å². The van der Waals surface area contributed by atoms with Crippen molar-refractivity contribution in [3.05, 3.63) is 24.0 Å². The van der Waals surface area contributed by atoms with Crippen molar-refractivity contribution >= 4 is 5.69 Å². The minimum atomic E-state index is 0.0673. The van der Waals surface area contributed by atoms with Crippen LogP contribution in [0.15, 0.2) is 18.3 Å². The van der Waals surface area contributed by atoms with Crippen molar-refractivity contribution in [3.63, 3.8) is 0 Å². The lowest BCUT2D eigenvalue weighted by atomic mass is 9.89. The van der Waals surface area contributed by atoms with E-state index in [2.05, 4.69) is 36.0 Å². The Kier molecular flexibility index (Phi) is 5.20. The average Bonchev–Trinajstić information content (AvgIpc) is 2.47. The van der Waals surface area contributed by atoms with Crippen molar-refractivity contribution in [3.8, 4) is 0 Å². The van der Waals surface area contributed by atoms with Gasteiger partial charge in [-0.3, -0.25) is 4.98 Å². The summed E-state index contributed by atoms with van der Waals surface area (Å²) in [5.41, 5.74) is 8.20. The molecule has 1 atom stereocenters. The van der Waals surface area contributed by atoms with Crippen LogP contribution in [0, 0.1) is 5.92 Å². The predicted molar refractivity (Wildman–Crippen MR) is 81.3 cm³/mol. The van der Waals surface area contributed by atoms with Gasteiger partial charge in [0.15, 0.2) is 0 Å². The molecule has 0 aliphatic heterocycles. The highest BCUT2D eigenvalue weighted by Gasteiger charge is 2.16. The lowest BCUT2D eigenvalue weighted by Gasteiger charge is -2.28. The molecule has 1 aromatic heterocycles. The molecule has 0 radical (unpaired) electrons. The molecule has 0 amide bonds. The van der Waals surface area contributed by atoms with E-state index in [0.29, 0.717) is 0 Å². The Morgan fingerprint density at radius 2 is 2.05 bits per heavy atom. The molecule has 1 heterocycles. The van der Waals surface area contributed by atoms with E-state index in [4.69, 9.17) is 5.73 Å².